The van der Waals surface area contributed by atoms with Crippen molar-refractivity contribution in [3.05, 3.63) is 22.8 Å². The number of nitrogens with one attached hydrogen (secondary N) is 1. The van der Waals surface area contributed by atoms with E-state index >= 15 is 0 Å². The van der Waals surface area contributed by atoms with E-state index in [1.807, 2.05) is 0 Å². The number of anilines is 1. The van der Waals surface area contributed by atoms with Gasteiger partial charge >= 0.3 is 5.97 Å². The van der Waals surface area contributed by atoms with Gasteiger partial charge in [-0.05, 0) is 6.07 Å². The van der Waals surface area contributed by atoms with E-state index in [2.05, 4.69) is 4.98 Å². The van der Waals surface area contributed by atoms with Gasteiger partial charge in [0.25, 0.3) is 0 Å². The lowest BCUT2D eigenvalue weighted by atomic mass is 10.2. The Bertz CT molecular complexity index is 316. The molecule has 0 fully saturated rings. The number of carboxylic acids is 1. The van der Waals surface area contributed by atoms with Crippen LogP contribution in [0.25, 0.3) is 0 Å². The molecule has 5 nitrogen and oxygen atoms in total. The fraction of sp³-hybridized carbons (Fsp3) is 0. The van der Waals surface area contributed by atoms with Gasteiger partial charge in [-0.25, -0.2) is 9.78 Å². The second kappa shape index (κ2) is 3.38. The highest BCUT2D eigenvalue weighted by Crippen LogP contribution is 2.17. The number of aromatic nitrogens is 1. The van der Waals surface area contributed by atoms with Gasteiger partial charge < -0.3 is 5.11 Å². The van der Waals surface area contributed by atoms with Crippen LogP contribution < -0.4 is 5.48 Å². The largest absolute Gasteiger partial charge is 0.478 e. The molecule has 0 amide bonds. The van der Waals surface area contributed by atoms with Gasteiger partial charge in [0.2, 0.25) is 0 Å². The Labute approximate surface area is 72.6 Å². The SMILES string of the molecule is O=C(O)c1cc(NO)ncc1Cl. The van der Waals surface area contributed by atoms with E-state index in [0.29, 0.717) is 0 Å². The number of nitrogens with zero attached hydrogens (tertiary/aromatic N) is 1. The van der Waals surface area contributed by atoms with Gasteiger partial charge in [-0.1, -0.05) is 11.6 Å². The summed E-state index contributed by atoms with van der Waals surface area (Å²) >= 11 is 5.50. The van der Waals surface area contributed by atoms with Gasteiger partial charge in [0.15, 0.2) is 0 Å². The Hall–Kier alpha value is -1.33. The third-order valence-corrected chi connectivity index (χ3v) is 1.50. The summed E-state index contributed by atoms with van der Waals surface area (Å²) in [5, 5.41) is 17.0. The van der Waals surface area contributed by atoms with Gasteiger partial charge in [-0.3, -0.25) is 10.7 Å². The molecule has 0 saturated carbocycles. The molecular weight excluding hydrogens is 184 g/mol. The molecule has 0 aliphatic carbocycles. The molecule has 0 aliphatic rings. The molecule has 0 aromatic carbocycles. The lowest BCUT2D eigenvalue weighted by Crippen LogP contribution is -2.01. The predicted molar refractivity (Wildman–Crippen MR) is 41.6 cm³/mol. The van der Waals surface area contributed by atoms with E-state index in [9.17, 15) is 4.79 Å². The number of hydrogen-bond donors (Lipinski definition) is 3. The van der Waals surface area contributed by atoms with E-state index in [-0.39, 0.29) is 16.4 Å². The Kier molecular flexibility index (Phi) is 2.47. The lowest BCUT2D eigenvalue weighted by molar-refractivity contribution is 0.0697. The summed E-state index contributed by atoms with van der Waals surface area (Å²) in [5.74, 6) is -1.13. The minimum Gasteiger partial charge on any atom is -0.478 e. The highest BCUT2D eigenvalue weighted by Gasteiger charge is 2.09. The number of carboxylic acid groups (broad SMARTS) is 1. The molecule has 1 rings (SSSR count). The first kappa shape index (κ1) is 8.76. The highest BCUT2D eigenvalue weighted by molar-refractivity contribution is 6.33. The van der Waals surface area contributed by atoms with Crippen LogP contribution in [0.15, 0.2) is 12.3 Å². The van der Waals surface area contributed by atoms with Gasteiger partial charge in [0.1, 0.15) is 5.82 Å². The second-order valence-corrected chi connectivity index (χ2v) is 2.37. The molecule has 0 aliphatic heterocycles. The Morgan fingerprint density at radius 2 is 2.33 bits per heavy atom. The van der Waals surface area contributed by atoms with Crippen LogP contribution in [0.1, 0.15) is 10.4 Å². The molecule has 1 aromatic heterocycles. The zero-order valence-corrected chi connectivity index (χ0v) is 6.54. The van der Waals surface area contributed by atoms with Gasteiger partial charge in [-0.15, -0.1) is 0 Å². The third-order valence-electron chi connectivity index (χ3n) is 1.20. The number of pyridine rings is 1. The minimum atomic E-state index is -1.17. The Balaban J connectivity index is 3.17. The first-order valence-electron chi connectivity index (χ1n) is 2.94. The van der Waals surface area contributed by atoms with Crippen LogP contribution in [0, 0.1) is 0 Å². The van der Waals surface area contributed by atoms with Crippen LogP contribution in [-0.2, 0) is 0 Å². The maximum Gasteiger partial charge on any atom is 0.337 e. The summed E-state index contributed by atoms with van der Waals surface area (Å²) in [6, 6.07) is 1.13. The van der Waals surface area contributed by atoms with Gasteiger partial charge in [0, 0.05) is 6.20 Å². The molecule has 0 atom stereocenters. The Morgan fingerprint density at radius 3 is 2.83 bits per heavy atom. The van der Waals surface area contributed by atoms with Crippen LogP contribution in [0.3, 0.4) is 0 Å². The van der Waals surface area contributed by atoms with Crippen LogP contribution in [0.5, 0.6) is 0 Å². The maximum absolute atomic E-state index is 10.5. The van der Waals surface area contributed by atoms with Crippen molar-refractivity contribution < 1.29 is 15.1 Å². The summed E-state index contributed by atoms with van der Waals surface area (Å²) in [5.41, 5.74) is 1.61. The summed E-state index contributed by atoms with van der Waals surface area (Å²) in [6.45, 7) is 0. The topological polar surface area (TPSA) is 82.5 Å². The first-order chi connectivity index (χ1) is 5.65. The molecule has 0 spiro atoms. The summed E-state index contributed by atoms with van der Waals surface area (Å²) in [6.07, 6.45) is 1.14. The van der Waals surface area contributed by atoms with Crippen molar-refractivity contribution in [2.75, 3.05) is 5.48 Å². The number of carbonyl (C=O) groups is 1. The van der Waals surface area contributed by atoms with E-state index < -0.39 is 5.97 Å². The lowest BCUT2D eigenvalue weighted by Gasteiger charge is -2.00. The smallest absolute Gasteiger partial charge is 0.337 e. The monoisotopic (exact) mass is 188 g/mol. The summed E-state index contributed by atoms with van der Waals surface area (Å²) in [7, 11) is 0. The number of rotatable bonds is 2. The zero-order chi connectivity index (χ0) is 9.14. The molecule has 0 saturated heterocycles. The molecule has 3 N–H and O–H groups in total. The van der Waals surface area contributed by atoms with Crippen molar-refractivity contribution >= 4 is 23.4 Å². The van der Waals surface area contributed by atoms with Crippen molar-refractivity contribution in [2.24, 2.45) is 0 Å². The summed E-state index contributed by atoms with van der Waals surface area (Å²) < 4.78 is 0. The van der Waals surface area contributed by atoms with Crippen molar-refractivity contribution in [1.82, 2.24) is 4.98 Å². The molecule has 6 heteroatoms. The molecule has 64 valence electrons. The highest BCUT2D eigenvalue weighted by atomic mass is 35.5. The molecule has 12 heavy (non-hydrogen) atoms. The summed E-state index contributed by atoms with van der Waals surface area (Å²) in [4.78, 5) is 14.1. The van der Waals surface area contributed by atoms with Crippen LogP contribution >= 0.6 is 11.6 Å². The number of hydrogen-bond acceptors (Lipinski definition) is 4. The van der Waals surface area contributed by atoms with Crippen molar-refractivity contribution in [3.63, 3.8) is 0 Å². The van der Waals surface area contributed by atoms with Crippen LogP contribution in [0.2, 0.25) is 5.02 Å². The van der Waals surface area contributed by atoms with E-state index in [1.54, 1.807) is 5.48 Å². The quantitative estimate of drug-likeness (QED) is 0.608. The number of halogens is 1. The zero-order valence-electron chi connectivity index (χ0n) is 5.78. The predicted octanol–water partition coefficient (Wildman–Crippen LogP) is 1.23. The van der Waals surface area contributed by atoms with Crippen LogP contribution in [-0.4, -0.2) is 21.3 Å². The average molecular weight is 189 g/mol. The van der Waals surface area contributed by atoms with Crippen molar-refractivity contribution in [3.8, 4) is 0 Å². The number of aromatic carboxylic acids is 1. The fourth-order valence-electron chi connectivity index (χ4n) is 0.664. The fourth-order valence-corrected chi connectivity index (χ4v) is 0.848. The maximum atomic E-state index is 10.5. The normalized spacial score (nSPS) is 9.50. The van der Waals surface area contributed by atoms with E-state index in [1.165, 1.54) is 0 Å². The minimum absolute atomic E-state index is 0.0292. The average Bonchev–Trinajstić information content (AvgIpc) is 2.05. The van der Waals surface area contributed by atoms with Crippen molar-refractivity contribution in [2.45, 2.75) is 0 Å². The van der Waals surface area contributed by atoms with E-state index in [4.69, 9.17) is 21.9 Å². The molecule has 1 aromatic rings. The second-order valence-electron chi connectivity index (χ2n) is 1.97. The van der Waals surface area contributed by atoms with Gasteiger partial charge in [-0.2, -0.15) is 0 Å². The van der Waals surface area contributed by atoms with Crippen LogP contribution in [0.4, 0.5) is 5.82 Å². The molecular formula is C6H5ClN2O3. The van der Waals surface area contributed by atoms with Gasteiger partial charge in [0.05, 0.1) is 10.6 Å². The third kappa shape index (κ3) is 1.63. The molecule has 0 bridgehead atoms. The standard InChI is InChI=1S/C6H5ClN2O3/c7-4-2-8-5(9-12)1-3(4)6(10)11/h1-2,12H,(H,8,9)(H,10,11). The first-order valence-corrected chi connectivity index (χ1v) is 3.32. The molecule has 0 unspecified atom stereocenters. The van der Waals surface area contributed by atoms with Crippen molar-refractivity contribution in [1.29, 1.82) is 0 Å². The Morgan fingerprint density at radius 1 is 1.67 bits per heavy atom. The molecule has 1 heterocycles. The molecule has 0 radical (unpaired) electrons. The van der Waals surface area contributed by atoms with E-state index in [0.717, 1.165) is 12.3 Å².